The Morgan fingerprint density at radius 3 is 2.76 bits per heavy atom. The summed E-state index contributed by atoms with van der Waals surface area (Å²) in [5.74, 6) is -0.167. The van der Waals surface area contributed by atoms with E-state index in [4.69, 9.17) is 21.3 Å². The van der Waals surface area contributed by atoms with E-state index < -0.39 is 4.92 Å². The van der Waals surface area contributed by atoms with Gasteiger partial charge < -0.3 is 4.74 Å². The van der Waals surface area contributed by atoms with Crippen LogP contribution in [0, 0.1) is 17.0 Å². The van der Waals surface area contributed by atoms with Crippen LogP contribution in [-0.4, -0.2) is 60.1 Å². The van der Waals surface area contributed by atoms with E-state index in [2.05, 4.69) is 4.90 Å². The van der Waals surface area contributed by atoms with Gasteiger partial charge in [-0.3, -0.25) is 24.7 Å². The zero-order valence-electron chi connectivity index (χ0n) is 18.3. The molecular formula is C23H21ClN4O4S2. The molecule has 0 N–H and O–H groups in total. The van der Waals surface area contributed by atoms with Crippen molar-refractivity contribution in [3.8, 4) is 0 Å². The van der Waals surface area contributed by atoms with E-state index in [1.54, 1.807) is 17.0 Å². The summed E-state index contributed by atoms with van der Waals surface area (Å²) < 4.78 is 7.20. The Balaban J connectivity index is 1.50. The van der Waals surface area contributed by atoms with Gasteiger partial charge in [-0.2, -0.15) is 0 Å². The summed E-state index contributed by atoms with van der Waals surface area (Å²) in [6.45, 7) is 6.13. The monoisotopic (exact) mass is 516 g/mol. The first kappa shape index (κ1) is 23.1. The first-order chi connectivity index (χ1) is 16.4. The first-order valence-electron chi connectivity index (χ1n) is 10.8. The minimum atomic E-state index is -0.429. The van der Waals surface area contributed by atoms with Gasteiger partial charge in [-0.15, -0.1) is 11.3 Å². The molecule has 2 aromatic heterocycles. The Bertz CT molecular complexity index is 1400. The van der Waals surface area contributed by atoms with Crippen molar-refractivity contribution in [3.05, 3.63) is 62.0 Å². The van der Waals surface area contributed by atoms with Gasteiger partial charge in [-0.05, 0) is 36.8 Å². The molecule has 0 radical (unpaired) electrons. The molecule has 0 atom stereocenters. The number of ether oxygens (including phenoxy) is 1. The lowest BCUT2D eigenvalue weighted by Crippen LogP contribution is -2.43. The van der Waals surface area contributed by atoms with Gasteiger partial charge in [0.05, 0.1) is 33.2 Å². The van der Waals surface area contributed by atoms with Gasteiger partial charge in [0.1, 0.15) is 0 Å². The van der Waals surface area contributed by atoms with Crippen LogP contribution in [-0.2, 0) is 4.74 Å². The van der Waals surface area contributed by atoms with Crippen LogP contribution in [0.5, 0.6) is 0 Å². The molecule has 3 heterocycles. The number of aromatic nitrogens is 1. The zero-order chi connectivity index (χ0) is 23.8. The van der Waals surface area contributed by atoms with Gasteiger partial charge in [-0.1, -0.05) is 22.9 Å². The van der Waals surface area contributed by atoms with Gasteiger partial charge in [0, 0.05) is 53.4 Å². The Labute approximate surface area is 208 Å². The summed E-state index contributed by atoms with van der Waals surface area (Å²) in [7, 11) is 0. The normalized spacial score (nSPS) is 14.6. The van der Waals surface area contributed by atoms with Gasteiger partial charge in [0.15, 0.2) is 5.13 Å². The number of rotatable bonds is 6. The van der Waals surface area contributed by atoms with E-state index in [1.165, 1.54) is 34.8 Å². The van der Waals surface area contributed by atoms with Crippen LogP contribution >= 0.6 is 34.3 Å². The summed E-state index contributed by atoms with van der Waals surface area (Å²) in [6, 6.07) is 10.1. The largest absolute Gasteiger partial charge is 0.379 e. The molecule has 176 valence electrons. The Hall–Kier alpha value is -2.63. The number of amides is 1. The molecule has 0 spiro atoms. The average Bonchev–Trinajstić information content (AvgIpc) is 3.43. The van der Waals surface area contributed by atoms with Crippen molar-refractivity contribution in [1.82, 2.24) is 9.88 Å². The summed E-state index contributed by atoms with van der Waals surface area (Å²) in [5.41, 5.74) is 1.80. The molecule has 0 saturated carbocycles. The Morgan fingerprint density at radius 2 is 2.00 bits per heavy atom. The number of carbonyl (C=O) groups excluding carboxylic acids is 1. The number of non-ortho nitro benzene ring substituents is 1. The van der Waals surface area contributed by atoms with E-state index in [0.717, 1.165) is 33.6 Å². The summed E-state index contributed by atoms with van der Waals surface area (Å²) in [4.78, 5) is 33.8. The number of aryl methyl sites for hydroxylation is 1. The number of fused-ring (bicyclic) bond motifs is 2. The number of thiazole rings is 1. The number of hydrogen-bond donors (Lipinski definition) is 0. The van der Waals surface area contributed by atoms with Crippen LogP contribution in [0.4, 0.5) is 10.8 Å². The number of hydrogen-bond acceptors (Lipinski definition) is 8. The number of anilines is 1. The maximum Gasteiger partial charge on any atom is 0.270 e. The zero-order valence-corrected chi connectivity index (χ0v) is 20.7. The van der Waals surface area contributed by atoms with E-state index in [0.29, 0.717) is 46.7 Å². The average molecular weight is 517 g/mol. The van der Waals surface area contributed by atoms with Crippen LogP contribution in [0.2, 0.25) is 5.02 Å². The lowest BCUT2D eigenvalue weighted by atomic mass is 10.2. The molecule has 1 saturated heterocycles. The third-order valence-electron chi connectivity index (χ3n) is 5.78. The smallest absolute Gasteiger partial charge is 0.270 e. The highest BCUT2D eigenvalue weighted by molar-refractivity contribution is 7.23. The molecule has 4 aromatic rings. The minimum Gasteiger partial charge on any atom is -0.379 e. The van der Waals surface area contributed by atoms with Crippen LogP contribution in [0.3, 0.4) is 0 Å². The molecule has 0 aliphatic carbocycles. The first-order valence-corrected chi connectivity index (χ1v) is 12.8. The molecule has 2 aromatic carbocycles. The lowest BCUT2D eigenvalue weighted by molar-refractivity contribution is -0.384. The number of nitrogens with zero attached hydrogens (tertiary/aromatic N) is 4. The topological polar surface area (TPSA) is 88.8 Å². The molecule has 1 amide bonds. The molecule has 11 heteroatoms. The molecule has 0 unspecified atom stereocenters. The van der Waals surface area contributed by atoms with Crippen molar-refractivity contribution < 1.29 is 14.5 Å². The van der Waals surface area contributed by atoms with Crippen LogP contribution < -0.4 is 4.90 Å². The van der Waals surface area contributed by atoms with E-state index in [-0.39, 0.29) is 11.6 Å². The maximum absolute atomic E-state index is 13.7. The van der Waals surface area contributed by atoms with Gasteiger partial charge in [-0.25, -0.2) is 4.98 Å². The van der Waals surface area contributed by atoms with E-state index in [9.17, 15) is 14.9 Å². The molecule has 5 rings (SSSR count). The summed E-state index contributed by atoms with van der Waals surface area (Å²) in [6.07, 6.45) is 0. The quantitative estimate of drug-likeness (QED) is 0.253. The second kappa shape index (κ2) is 9.55. The van der Waals surface area contributed by atoms with Crippen LogP contribution in [0.15, 0.2) is 36.4 Å². The molecule has 0 bridgehead atoms. The second-order valence-corrected chi connectivity index (χ2v) is 10.6. The number of benzene rings is 2. The highest BCUT2D eigenvalue weighted by atomic mass is 35.5. The molecule has 1 aliphatic rings. The minimum absolute atomic E-state index is 0.00648. The highest BCUT2D eigenvalue weighted by Gasteiger charge is 2.25. The third-order valence-corrected chi connectivity index (χ3v) is 8.13. The number of halogens is 1. The van der Waals surface area contributed by atoms with Crippen molar-refractivity contribution >= 4 is 71.3 Å². The van der Waals surface area contributed by atoms with Crippen molar-refractivity contribution in [2.24, 2.45) is 0 Å². The summed E-state index contributed by atoms with van der Waals surface area (Å²) in [5, 5.41) is 13.1. The lowest BCUT2D eigenvalue weighted by Gasteiger charge is -2.29. The fourth-order valence-corrected chi connectivity index (χ4v) is 6.43. The Kier molecular flexibility index (Phi) is 6.50. The van der Waals surface area contributed by atoms with Crippen LogP contribution in [0.25, 0.3) is 20.3 Å². The fraction of sp³-hybridized carbons (Fsp3) is 0.304. The van der Waals surface area contributed by atoms with Gasteiger partial charge in [0.25, 0.3) is 11.6 Å². The van der Waals surface area contributed by atoms with Crippen molar-refractivity contribution in [1.29, 1.82) is 0 Å². The van der Waals surface area contributed by atoms with E-state index in [1.807, 2.05) is 19.1 Å². The predicted molar refractivity (Wildman–Crippen MR) is 137 cm³/mol. The SMILES string of the molecule is Cc1cc(Cl)cc2sc(N(CCN3CCOCC3)C(=O)c3cc4cc([N+](=O)[O-])ccc4s3)nc12. The van der Waals surface area contributed by atoms with E-state index >= 15 is 0 Å². The highest BCUT2D eigenvalue weighted by Crippen LogP contribution is 2.35. The van der Waals surface area contributed by atoms with Gasteiger partial charge in [0.2, 0.25) is 0 Å². The Morgan fingerprint density at radius 1 is 1.21 bits per heavy atom. The molecule has 8 nitrogen and oxygen atoms in total. The molecule has 1 aliphatic heterocycles. The van der Waals surface area contributed by atoms with Crippen molar-refractivity contribution in [2.45, 2.75) is 6.92 Å². The third kappa shape index (κ3) is 4.64. The number of thiophene rings is 1. The number of carbonyl (C=O) groups is 1. The number of nitro groups is 1. The fourth-order valence-electron chi connectivity index (χ4n) is 3.99. The standard InChI is InChI=1S/C23H21ClN4O4S2/c1-14-10-16(24)13-19-21(14)25-23(34-19)27(5-4-26-6-8-32-9-7-26)22(29)20-12-15-11-17(28(30)31)2-3-18(15)33-20/h2-3,10-13H,4-9H2,1H3. The van der Waals surface area contributed by atoms with Gasteiger partial charge >= 0.3 is 0 Å². The van der Waals surface area contributed by atoms with Crippen molar-refractivity contribution in [3.63, 3.8) is 0 Å². The molecule has 1 fully saturated rings. The summed E-state index contributed by atoms with van der Waals surface area (Å²) >= 11 is 9.02. The predicted octanol–water partition coefficient (Wildman–Crippen LogP) is 5.36. The maximum atomic E-state index is 13.7. The number of morpholine rings is 1. The van der Waals surface area contributed by atoms with Crippen molar-refractivity contribution in [2.75, 3.05) is 44.3 Å². The molecular weight excluding hydrogens is 496 g/mol. The second-order valence-electron chi connectivity index (χ2n) is 8.07. The van der Waals surface area contributed by atoms with Crippen LogP contribution in [0.1, 0.15) is 15.2 Å². The number of nitro benzene ring substituents is 1. The molecule has 34 heavy (non-hydrogen) atoms.